The van der Waals surface area contributed by atoms with Gasteiger partial charge >= 0.3 is 0 Å². The van der Waals surface area contributed by atoms with Crippen molar-refractivity contribution in [3.05, 3.63) is 0 Å². The highest BCUT2D eigenvalue weighted by Crippen LogP contribution is 2.14. The van der Waals surface area contributed by atoms with Crippen LogP contribution in [0.4, 0.5) is 8.78 Å². The average Bonchev–Trinajstić information content (AvgIpc) is 2.03. The van der Waals surface area contributed by atoms with Crippen LogP contribution in [0.3, 0.4) is 0 Å². The van der Waals surface area contributed by atoms with Crippen LogP contribution in [0.1, 0.15) is 25.7 Å². The third-order valence-corrected chi connectivity index (χ3v) is 2.66. The second-order valence-corrected chi connectivity index (χ2v) is 3.80. The molecule has 0 unspecified atom stereocenters. The van der Waals surface area contributed by atoms with Gasteiger partial charge in [-0.15, -0.1) is 0 Å². The maximum atomic E-state index is 11.6. The second kappa shape index (κ2) is 10.3. The van der Waals surface area contributed by atoms with E-state index in [9.17, 15) is 8.78 Å². The Morgan fingerprint density at radius 3 is 1.55 bits per heavy atom. The summed E-state index contributed by atoms with van der Waals surface area (Å²) in [4.78, 5) is 0. The fourth-order valence-electron chi connectivity index (χ4n) is 0.748. The fraction of sp³-hybridized carbons (Fsp3) is 1.00. The lowest BCUT2D eigenvalue weighted by atomic mass is 10.4. The molecule has 0 aromatic rings. The topological polar surface area (TPSA) is 0 Å². The molecule has 0 aromatic heterocycles. The van der Waals surface area contributed by atoms with Crippen molar-refractivity contribution in [3.8, 4) is 0 Å². The number of rotatable bonds is 8. The molecule has 0 saturated carbocycles. The molecular weight excluding hydrogens is 165 g/mol. The Morgan fingerprint density at radius 1 is 0.727 bits per heavy atom. The van der Waals surface area contributed by atoms with Crippen LogP contribution in [0.15, 0.2) is 0 Å². The molecule has 0 N–H and O–H groups in total. The molecule has 0 atom stereocenters. The molecule has 0 nitrogen and oxygen atoms in total. The van der Waals surface area contributed by atoms with Crippen molar-refractivity contribution in [2.24, 2.45) is 0 Å². The summed E-state index contributed by atoms with van der Waals surface area (Å²) in [6, 6.07) is 0. The van der Waals surface area contributed by atoms with Crippen LogP contribution in [-0.4, -0.2) is 25.7 Å². The monoisotopic (exact) mass is 181 g/mol. The summed E-state index contributed by atoms with van der Waals surface area (Å²) in [6.45, 7) is -0.389. The summed E-state index contributed by atoms with van der Waals surface area (Å²) in [7, 11) is 1.36. The van der Waals surface area contributed by atoms with Crippen LogP contribution < -0.4 is 0 Å². The minimum atomic E-state index is -0.194. The molecule has 0 aliphatic carbocycles. The van der Waals surface area contributed by atoms with E-state index < -0.39 is 0 Å². The first-order valence-electron chi connectivity index (χ1n) is 4.17. The van der Waals surface area contributed by atoms with Crippen molar-refractivity contribution in [3.63, 3.8) is 0 Å². The first-order valence-corrected chi connectivity index (χ1v) is 5.43. The normalized spacial score (nSPS) is 10.4. The minimum absolute atomic E-state index is 0.194. The molecule has 1 radical (unpaired) electrons. The van der Waals surface area contributed by atoms with Crippen molar-refractivity contribution in [1.29, 1.82) is 0 Å². The van der Waals surface area contributed by atoms with Gasteiger partial charge in [0.1, 0.15) is 0 Å². The maximum absolute atomic E-state index is 11.6. The Hall–Kier alpha value is 0.290. The van der Waals surface area contributed by atoms with Gasteiger partial charge in [-0.05, 0) is 38.0 Å². The van der Waals surface area contributed by atoms with Gasteiger partial charge in [-0.2, -0.15) is 0 Å². The Balaban J connectivity index is 2.69. The molecule has 0 saturated heterocycles. The predicted molar refractivity (Wildman–Crippen MR) is 47.1 cm³/mol. The van der Waals surface area contributed by atoms with Gasteiger partial charge < -0.3 is 0 Å². The third-order valence-electron chi connectivity index (χ3n) is 1.40. The van der Waals surface area contributed by atoms with E-state index in [0.29, 0.717) is 12.8 Å². The van der Waals surface area contributed by atoms with E-state index in [1.807, 2.05) is 0 Å². The Morgan fingerprint density at radius 2 is 1.18 bits per heavy atom. The zero-order valence-electron chi connectivity index (χ0n) is 6.86. The number of alkyl halides is 2. The molecule has 0 aromatic carbocycles. The summed E-state index contributed by atoms with van der Waals surface area (Å²) in [6.07, 6.45) is 5.50. The third kappa shape index (κ3) is 10.3. The molecule has 0 fully saturated rings. The fourth-order valence-corrected chi connectivity index (χ4v) is 1.87. The smallest absolute Gasteiger partial charge is 0.0894 e. The summed E-state index contributed by atoms with van der Waals surface area (Å²) in [5.74, 6) is 0. The average molecular weight is 181 g/mol. The Kier molecular flexibility index (Phi) is 10.6. The van der Waals surface area contributed by atoms with Gasteiger partial charge in [-0.25, -0.2) is 0 Å². The van der Waals surface area contributed by atoms with Gasteiger partial charge in [0.2, 0.25) is 0 Å². The predicted octanol–water partition coefficient (Wildman–Crippen LogP) is 3.43. The van der Waals surface area contributed by atoms with Crippen LogP contribution in [0.5, 0.6) is 0 Å². The van der Waals surface area contributed by atoms with E-state index in [-0.39, 0.29) is 13.3 Å². The van der Waals surface area contributed by atoms with Gasteiger partial charge in [0.05, 0.1) is 13.3 Å². The molecule has 11 heavy (non-hydrogen) atoms. The van der Waals surface area contributed by atoms with E-state index in [1.165, 1.54) is 8.58 Å². The van der Waals surface area contributed by atoms with Crippen molar-refractivity contribution in [2.75, 3.05) is 25.7 Å². The minimum Gasteiger partial charge on any atom is -0.251 e. The summed E-state index contributed by atoms with van der Waals surface area (Å²) < 4.78 is 23.1. The summed E-state index contributed by atoms with van der Waals surface area (Å²) in [5.41, 5.74) is 0. The van der Waals surface area contributed by atoms with Crippen LogP contribution in [0, 0.1) is 0 Å². The molecule has 0 spiro atoms. The number of halogens is 2. The molecule has 0 rings (SSSR count). The van der Waals surface area contributed by atoms with E-state index in [0.717, 1.165) is 25.2 Å². The summed E-state index contributed by atoms with van der Waals surface area (Å²) in [5, 5.41) is 0. The van der Waals surface area contributed by atoms with Crippen LogP contribution in [0.2, 0.25) is 0 Å². The number of hydrogen-bond acceptors (Lipinski definition) is 0. The van der Waals surface area contributed by atoms with E-state index in [1.54, 1.807) is 0 Å². The lowest BCUT2D eigenvalue weighted by molar-refractivity contribution is 0.468. The lowest BCUT2D eigenvalue weighted by Gasteiger charge is -1.97. The first-order chi connectivity index (χ1) is 5.41. The van der Waals surface area contributed by atoms with E-state index in [2.05, 4.69) is 0 Å². The van der Waals surface area contributed by atoms with Crippen molar-refractivity contribution in [1.82, 2.24) is 0 Å². The first kappa shape index (κ1) is 11.3. The molecular formula is C8H16F2P. The maximum Gasteiger partial charge on any atom is 0.0894 e. The molecule has 3 heteroatoms. The highest BCUT2D eigenvalue weighted by atomic mass is 31.1. The van der Waals surface area contributed by atoms with Gasteiger partial charge in [0.25, 0.3) is 0 Å². The second-order valence-electron chi connectivity index (χ2n) is 2.46. The molecule has 0 bridgehead atoms. The zero-order chi connectivity index (χ0) is 8.36. The van der Waals surface area contributed by atoms with E-state index in [4.69, 9.17) is 0 Å². The van der Waals surface area contributed by atoms with Crippen LogP contribution in [-0.2, 0) is 0 Å². The van der Waals surface area contributed by atoms with Gasteiger partial charge in [0.15, 0.2) is 0 Å². The van der Waals surface area contributed by atoms with Gasteiger partial charge in [-0.3, -0.25) is 8.78 Å². The molecule has 67 valence electrons. The quantitative estimate of drug-likeness (QED) is 0.397. The Bertz CT molecular complexity index is 61.1. The largest absolute Gasteiger partial charge is 0.251 e. The molecule has 0 aliphatic heterocycles. The SMILES string of the molecule is FCCCC[P]CCCCF. The lowest BCUT2D eigenvalue weighted by Crippen LogP contribution is -1.84. The number of unbranched alkanes of at least 4 members (excludes halogenated alkanes) is 2. The molecule has 0 aliphatic rings. The van der Waals surface area contributed by atoms with Crippen LogP contribution >= 0.6 is 8.58 Å². The van der Waals surface area contributed by atoms with Gasteiger partial charge in [0, 0.05) is 0 Å². The van der Waals surface area contributed by atoms with Crippen LogP contribution in [0.25, 0.3) is 0 Å². The highest BCUT2D eigenvalue weighted by Gasteiger charge is 1.90. The summed E-state index contributed by atoms with van der Waals surface area (Å²) >= 11 is 0. The van der Waals surface area contributed by atoms with Crippen molar-refractivity contribution < 1.29 is 8.78 Å². The Labute approximate surface area is 69.5 Å². The van der Waals surface area contributed by atoms with Crippen molar-refractivity contribution >= 4 is 8.58 Å². The van der Waals surface area contributed by atoms with E-state index >= 15 is 0 Å². The molecule has 0 amide bonds. The van der Waals surface area contributed by atoms with Gasteiger partial charge in [-0.1, -0.05) is 8.58 Å². The molecule has 0 heterocycles. The van der Waals surface area contributed by atoms with Crippen molar-refractivity contribution in [2.45, 2.75) is 25.7 Å². The zero-order valence-corrected chi connectivity index (χ0v) is 7.75. The number of hydrogen-bond donors (Lipinski definition) is 0. The standard InChI is InChI=1S/C8H16F2P/c9-5-1-3-7-11-8-4-2-6-10/h1-8H2. The highest BCUT2D eigenvalue weighted by molar-refractivity contribution is 7.37.